The fourth-order valence-corrected chi connectivity index (χ4v) is 2.07. The third-order valence-electron chi connectivity index (χ3n) is 3.12. The van der Waals surface area contributed by atoms with Gasteiger partial charge in [-0.2, -0.15) is 5.21 Å². The summed E-state index contributed by atoms with van der Waals surface area (Å²) in [5, 5.41) is 15.6. The number of aromatic nitrogens is 6. The minimum absolute atomic E-state index is 0.145. The van der Waals surface area contributed by atoms with Gasteiger partial charge in [-0.1, -0.05) is 12.0 Å². The van der Waals surface area contributed by atoms with Crippen LogP contribution in [-0.4, -0.2) is 35.9 Å². The summed E-state index contributed by atoms with van der Waals surface area (Å²) in [5.41, 5.74) is 3.40. The highest BCUT2D eigenvalue weighted by Gasteiger charge is 2.12. The predicted molar refractivity (Wildman–Crippen MR) is 71.4 cm³/mol. The number of carbonyl (C=O) groups is 1. The van der Waals surface area contributed by atoms with E-state index in [-0.39, 0.29) is 11.9 Å². The molecule has 0 aromatic carbocycles. The van der Waals surface area contributed by atoms with Crippen LogP contribution in [0, 0.1) is 6.92 Å². The molecule has 0 aliphatic heterocycles. The number of hydrogen-bond donors (Lipinski definition) is 2. The highest BCUT2D eigenvalue weighted by atomic mass is 16.1. The third-order valence-corrected chi connectivity index (χ3v) is 3.12. The number of fused-ring (bicyclic) bond motifs is 1. The minimum atomic E-state index is -0.292. The van der Waals surface area contributed by atoms with E-state index in [9.17, 15) is 4.79 Å². The lowest BCUT2D eigenvalue weighted by Gasteiger charge is -2.03. The van der Waals surface area contributed by atoms with E-state index in [1.54, 1.807) is 12.3 Å². The number of carbonyl (C=O) groups excluding carboxylic acids is 1. The predicted octanol–water partition coefficient (Wildman–Crippen LogP) is 0.971. The molecule has 8 nitrogen and oxygen atoms in total. The molecule has 0 fully saturated rings. The van der Waals surface area contributed by atoms with Gasteiger partial charge in [0.15, 0.2) is 0 Å². The number of aryl methyl sites for hydroxylation is 2. The number of imidazole rings is 1. The van der Waals surface area contributed by atoms with Gasteiger partial charge in [0, 0.05) is 11.9 Å². The molecule has 0 unspecified atom stereocenters. The Morgan fingerprint density at radius 3 is 3.00 bits per heavy atom. The van der Waals surface area contributed by atoms with Crippen molar-refractivity contribution in [3.05, 3.63) is 35.3 Å². The Bertz CT molecular complexity index is 760. The SMILES string of the molecule is CCc1nc2ccc(C(=O)Nc3nn[nH]n3)cn2c1C. The van der Waals surface area contributed by atoms with Crippen molar-refractivity contribution < 1.29 is 4.79 Å². The summed E-state index contributed by atoms with van der Waals surface area (Å²) in [6.07, 6.45) is 2.62. The van der Waals surface area contributed by atoms with E-state index in [2.05, 4.69) is 37.8 Å². The van der Waals surface area contributed by atoms with Crippen LogP contribution in [0.3, 0.4) is 0 Å². The lowest BCUT2D eigenvalue weighted by Crippen LogP contribution is -2.13. The Morgan fingerprint density at radius 2 is 2.30 bits per heavy atom. The molecule has 2 N–H and O–H groups in total. The van der Waals surface area contributed by atoms with E-state index in [1.165, 1.54) is 0 Å². The van der Waals surface area contributed by atoms with Gasteiger partial charge in [-0.3, -0.25) is 10.1 Å². The molecule has 1 amide bonds. The number of anilines is 1. The molecule has 0 saturated heterocycles. The summed E-state index contributed by atoms with van der Waals surface area (Å²) in [4.78, 5) is 16.6. The van der Waals surface area contributed by atoms with Crippen LogP contribution in [0.1, 0.15) is 28.7 Å². The van der Waals surface area contributed by atoms with Crippen molar-refractivity contribution in [2.24, 2.45) is 0 Å². The Balaban J connectivity index is 1.96. The smallest absolute Gasteiger partial charge is 0.270 e. The van der Waals surface area contributed by atoms with E-state index in [0.29, 0.717) is 5.56 Å². The van der Waals surface area contributed by atoms with Crippen molar-refractivity contribution in [1.82, 2.24) is 30.0 Å². The van der Waals surface area contributed by atoms with Gasteiger partial charge in [-0.15, -0.1) is 5.10 Å². The van der Waals surface area contributed by atoms with Crippen molar-refractivity contribution in [2.45, 2.75) is 20.3 Å². The average molecular weight is 271 g/mol. The van der Waals surface area contributed by atoms with Crippen LogP contribution in [0.4, 0.5) is 5.95 Å². The molecular formula is C12H13N7O. The number of amides is 1. The van der Waals surface area contributed by atoms with Crippen LogP contribution in [0.25, 0.3) is 5.65 Å². The minimum Gasteiger partial charge on any atom is -0.303 e. The van der Waals surface area contributed by atoms with E-state index in [4.69, 9.17) is 0 Å². The lowest BCUT2D eigenvalue weighted by atomic mass is 10.2. The van der Waals surface area contributed by atoms with Crippen molar-refractivity contribution in [3.63, 3.8) is 0 Å². The van der Waals surface area contributed by atoms with Crippen molar-refractivity contribution in [3.8, 4) is 0 Å². The molecule has 3 heterocycles. The fraction of sp³-hybridized carbons (Fsp3) is 0.250. The fourth-order valence-electron chi connectivity index (χ4n) is 2.07. The van der Waals surface area contributed by atoms with Crippen molar-refractivity contribution in [2.75, 3.05) is 5.32 Å². The molecule has 0 aliphatic rings. The number of aromatic amines is 1. The monoisotopic (exact) mass is 271 g/mol. The first-order chi connectivity index (χ1) is 9.69. The standard InChI is InChI=1S/C12H13N7O/c1-3-9-7(2)19-6-8(4-5-10(19)13-9)11(20)14-12-15-17-18-16-12/h4-6H,3H2,1-2H3,(H2,14,15,16,17,18,20). The summed E-state index contributed by atoms with van der Waals surface area (Å²) < 4.78 is 1.91. The second-order valence-corrected chi connectivity index (χ2v) is 4.33. The van der Waals surface area contributed by atoms with Gasteiger partial charge in [0.25, 0.3) is 11.9 Å². The van der Waals surface area contributed by atoms with Crippen molar-refractivity contribution in [1.29, 1.82) is 0 Å². The van der Waals surface area contributed by atoms with Gasteiger partial charge >= 0.3 is 0 Å². The molecule has 3 aromatic heterocycles. The maximum atomic E-state index is 12.1. The topological polar surface area (TPSA) is 101 Å². The van der Waals surface area contributed by atoms with Gasteiger partial charge < -0.3 is 4.40 Å². The number of rotatable bonds is 3. The molecule has 0 saturated carbocycles. The molecule has 3 rings (SSSR count). The van der Waals surface area contributed by atoms with Crippen LogP contribution >= 0.6 is 0 Å². The zero-order chi connectivity index (χ0) is 14.1. The molecule has 0 atom stereocenters. The third kappa shape index (κ3) is 2.00. The van der Waals surface area contributed by atoms with Crippen LogP contribution in [0.5, 0.6) is 0 Å². The largest absolute Gasteiger partial charge is 0.303 e. The number of nitrogens with zero attached hydrogens (tertiary/aromatic N) is 5. The Hall–Kier alpha value is -2.77. The molecule has 0 aliphatic carbocycles. The normalized spacial score (nSPS) is 10.9. The van der Waals surface area contributed by atoms with E-state index >= 15 is 0 Å². The molecule has 0 radical (unpaired) electrons. The Morgan fingerprint density at radius 1 is 1.45 bits per heavy atom. The highest BCUT2D eigenvalue weighted by Crippen LogP contribution is 2.14. The number of nitrogens with one attached hydrogen (secondary N) is 2. The summed E-state index contributed by atoms with van der Waals surface area (Å²) in [7, 11) is 0. The van der Waals surface area contributed by atoms with E-state index < -0.39 is 0 Å². The van der Waals surface area contributed by atoms with Crippen LogP contribution in [0.15, 0.2) is 18.3 Å². The lowest BCUT2D eigenvalue weighted by molar-refractivity contribution is 0.102. The van der Waals surface area contributed by atoms with Gasteiger partial charge in [0.2, 0.25) is 0 Å². The molecule has 20 heavy (non-hydrogen) atoms. The first kappa shape index (κ1) is 12.3. The first-order valence-electron chi connectivity index (χ1n) is 6.21. The Kier molecular flexibility index (Phi) is 2.90. The van der Waals surface area contributed by atoms with Crippen LogP contribution < -0.4 is 5.32 Å². The number of tetrazole rings is 1. The van der Waals surface area contributed by atoms with E-state index in [0.717, 1.165) is 23.5 Å². The number of H-pyrrole nitrogens is 1. The van der Waals surface area contributed by atoms with Crippen LogP contribution in [0.2, 0.25) is 0 Å². The molecule has 102 valence electrons. The molecular weight excluding hydrogens is 258 g/mol. The van der Waals surface area contributed by atoms with Crippen molar-refractivity contribution >= 4 is 17.5 Å². The average Bonchev–Trinajstić information content (AvgIpc) is 3.07. The second-order valence-electron chi connectivity index (χ2n) is 4.33. The van der Waals surface area contributed by atoms with Gasteiger partial charge in [-0.25, -0.2) is 4.98 Å². The highest BCUT2D eigenvalue weighted by molar-refractivity contribution is 6.03. The maximum Gasteiger partial charge on any atom is 0.270 e. The van der Waals surface area contributed by atoms with E-state index in [1.807, 2.05) is 17.4 Å². The summed E-state index contributed by atoms with van der Waals surface area (Å²) in [6, 6.07) is 3.54. The Labute approximate surface area is 114 Å². The number of pyridine rings is 1. The zero-order valence-corrected chi connectivity index (χ0v) is 11.1. The van der Waals surface area contributed by atoms with Gasteiger partial charge in [0.1, 0.15) is 5.65 Å². The molecule has 0 bridgehead atoms. The first-order valence-corrected chi connectivity index (χ1v) is 6.21. The number of hydrogen-bond acceptors (Lipinski definition) is 5. The maximum absolute atomic E-state index is 12.1. The van der Waals surface area contributed by atoms with Gasteiger partial charge in [-0.05, 0) is 30.7 Å². The van der Waals surface area contributed by atoms with Gasteiger partial charge in [0.05, 0.1) is 11.3 Å². The molecule has 0 spiro atoms. The van der Waals surface area contributed by atoms with Crippen LogP contribution in [-0.2, 0) is 6.42 Å². The zero-order valence-electron chi connectivity index (χ0n) is 11.1. The molecule has 8 heteroatoms. The summed E-state index contributed by atoms with van der Waals surface area (Å²) in [6.45, 7) is 4.04. The quantitative estimate of drug-likeness (QED) is 0.739. The second kappa shape index (κ2) is 4.72. The summed E-state index contributed by atoms with van der Waals surface area (Å²) >= 11 is 0. The molecule has 3 aromatic rings. The summed E-state index contributed by atoms with van der Waals surface area (Å²) in [5.74, 6) is -0.147.